The first kappa shape index (κ1) is 14.1. The Morgan fingerprint density at radius 3 is 2.45 bits per heavy atom. The van der Waals surface area contributed by atoms with Gasteiger partial charge in [-0.2, -0.15) is 8.42 Å². The highest BCUT2D eigenvalue weighted by molar-refractivity contribution is 7.81. The Hall–Kier alpha value is -2.28. The average molecular weight is 296 g/mol. The van der Waals surface area contributed by atoms with Crippen molar-refractivity contribution in [2.24, 2.45) is 0 Å². The molecule has 0 unspecified atom stereocenters. The molecule has 0 radical (unpaired) electrons. The number of nitrogen functional groups attached to an aromatic ring is 1. The van der Waals surface area contributed by atoms with Crippen molar-refractivity contribution in [3.8, 4) is 5.75 Å². The predicted octanol–water partition coefficient (Wildman–Crippen LogP) is 2.47. The van der Waals surface area contributed by atoms with Crippen LogP contribution < -0.4 is 15.2 Å². The van der Waals surface area contributed by atoms with Crippen molar-refractivity contribution >= 4 is 21.9 Å². The number of halogens is 1. The molecule has 0 aliphatic rings. The summed E-state index contributed by atoms with van der Waals surface area (Å²) < 4.78 is 37.0. The largest absolute Gasteiger partial charge is 0.488 e. The van der Waals surface area contributed by atoms with Gasteiger partial charge >= 0.3 is 10.5 Å². The van der Waals surface area contributed by atoms with Gasteiger partial charge in [-0.25, -0.2) is 0 Å². The number of nitrogens with one attached hydrogen (secondary N) is 1. The quantitative estimate of drug-likeness (QED) is 0.654. The SMILES string of the molecule is Nc1cccc(CNc2ccc(OS(=O)(=O)F)cc2)c1. The first-order valence-electron chi connectivity index (χ1n) is 5.75. The molecular formula is C13H13FN2O3S. The fourth-order valence-corrected chi connectivity index (χ4v) is 1.99. The maximum atomic E-state index is 12.3. The molecule has 0 heterocycles. The van der Waals surface area contributed by atoms with Gasteiger partial charge < -0.3 is 15.2 Å². The van der Waals surface area contributed by atoms with Crippen molar-refractivity contribution in [1.82, 2.24) is 0 Å². The lowest BCUT2D eigenvalue weighted by Crippen LogP contribution is -2.02. The third-order valence-corrected chi connectivity index (χ3v) is 2.89. The van der Waals surface area contributed by atoms with E-state index in [0.29, 0.717) is 12.2 Å². The van der Waals surface area contributed by atoms with Gasteiger partial charge in [0.05, 0.1) is 0 Å². The molecule has 0 saturated heterocycles. The van der Waals surface area contributed by atoms with Crippen LogP contribution >= 0.6 is 0 Å². The third kappa shape index (κ3) is 4.43. The van der Waals surface area contributed by atoms with Crippen molar-refractivity contribution in [2.75, 3.05) is 11.1 Å². The molecule has 0 fully saturated rings. The van der Waals surface area contributed by atoms with E-state index in [2.05, 4.69) is 9.50 Å². The summed E-state index contributed by atoms with van der Waals surface area (Å²) in [5, 5.41) is 3.12. The van der Waals surface area contributed by atoms with E-state index in [1.165, 1.54) is 12.1 Å². The van der Waals surface area contributed by atoms with Gasteiger partial charge in [0.2, 0.25) is 0 Å². The summed E-state index contributed by atoms with van der Waals surface area (Å²) in [5.74, 6) is -0.0815. The maximum absolute atomic E-state index is 12.3. The minimum atomic E-state index is -4.98. The minimum absolute atomic E-state index is 0.0815. The zero-order valence-corrected chi connectivity index (χ0v) is 11.2. The van der Waals surface area contributed by atoms with Gasteiger partial charge in [-0.3, -0.25) is 0 Å². The molecule has 0 aromatic heterocycles. The van der Waals surface area contributed by atoms with Crippen LogP contribution in [0, 0.1) is 0 Å². The summed E-state index contributed by atoms with van der Waals surface area (Å²) in [5.41, 5.74) is 8.11. The van der Waals surface area contributed by atoms with E-state index < -0.39 is 10.5 Å². The molecule has 0 atom stereocenters. The zero-order chi connectivity index (χ0) is 14.6. The second-order valence-electron chi connectivity index (χ2n) is 4.10. The topological polar surface area (TPSA) is 81.4 Å². The van der Waals surface area contributed by atoms with Crippen LogP contribution in [-0.2, 0) is 17.0 Å². The second kappa shape index (κ2) is 5.79. The predicted molar refractivity (Wildman–Crippen MR) is 75.3 cm³/mol. The van der Waals surface area contributed by atoms with Gasteiger partial charge in [0.1, 0.15) is 5.75 Å². The van der Waals surface area contributed by atoms with Crippen LogP contribution in [0.5, 0.6) is 5.75 Å². The number of rotatable bonds is 5. The van der Waals surface area contributed by atoms with E-state index >= 15 is 0 Å². The fourth-order valence-electron chi connectivity index (χ4n) is 1.65. The second-order valence-corrected chi connectivity index (χ2v) is 5.05. The zero-order valence-electron chi connectivity index (χ0n) is 10.4. The lowest BCUT2D eigenvalue weighted by molar-refractivity contribution is 0.440. The lowest BCUT2D eigenvalue weighted by Gasteiger charge is -2.08. The minimum Gasteiger partial charge on any atom is -0.399 e. The molecule has 2 rings (SSSR count). The van der Waals surface area contributed by atoms with E-state index in [9.17, 15) is 12.3 Å². The molecule has 20 heavy (non-hydrogen) atoms. The lowest BCUT2D eigenvalue weighted by atomic mass is 10.2. The molecule has 5 nitrogen and oxygen atoms in total. The third-order valence-electron chi connectivity index (χ3n) is 2.50. The summed E-state index contributed by atoms with van der Waals surface area (Å²) >= 11 is 0. The van der Waals surface area contributed by atoms with Crippen LogP contribution in [0.2, 0.25) is 0 Å². The number of hydrogen-bond acceptors (Lipinski definition) is 5. The molecule has 0 spiro atoms. The van der Waals surface area contributed by atoms with Crippen LogP contribution in [0.25, 0.3) is 0 Å². The molecule has 0 amide bonds. The Labute approximate surface area is 116 Å². The van der Waals surface area contributed by atoms with Crippen LogP contribution in [0.15, 0.2) is 48.5 Å². The van der Waals surface area contributed by atoms with E-state index in [0.717, 1.165) is 11.3 Å². The van der Waals surface area contributed by atoms with Crippen LogP contribution in [0.1, 0.15) is 5.56 Å². The Kier molecular flexibility index (Phi) is 4.09. The van der Waals surface area contributed by atoms with E-state index in [-0.39, 0.29) is 5.75 Å². The fraction of sp³-hybridized carbons (Fsp3) is 0.0769. The van der Waals surface area contributed by atoms with Crippen molar-refractivity contribution < 1.29 is 16.5 Å². The van der Waals surface area contributed by atoms with Crippen LogP contribution in [-0.4, -0.2) is 8.42 Å². The molecule has 0 saturated carbocycles. The molecule has 7 heteroatoms. The van der Waals surface area contributed by atoms with Gasteiger partial charge in [0.15, 0.2) is 0 Å². The molecule has 0 bridgehead atoms. The Morgan fingerprint density at radius 2 is 1.85 bits per heavy atom. The van der Waals surface area contributed by atoms with Gasteiger partial charge in [0.25, 0.3) is 0 Å². The first-order valence-corrected chi connectivity index (χ1v) is 7.06. The number of nitrogens with two attached hydrogens (primary N) is 1. The molecule has 2 aromatic rings. The smallest absolute Gasteiger partial charge is 0.399 e. The highest BCUT2D eigenvalue weighted by Crippen LogP contribution is 2.18. The number of benzene rings is 2. The Bertz CT molecular complexity index is 687. The molecular weight excluding hydrogens is 283 g/mol. The van der Waals surface area contributed by atoms with Gasteiger partial charge in [0, 0.05) is 17.9 Å². The number of anilines is 2. The summed E-state index contributed by atoms with van der Waals surface area (Å²) in [6.45, 7) is 0.562. The molecule has 106 valence electrons. The summed E-state index contributed by atoms with van der Waals surface area (Å²) in [6, 6.07) is 13.3. The van der Waals surface area contributed by atoms with Gasteiger partial charge in [-0.1, -0.05) is 16.0 Å². The van der Waals surface area contributed by atoms with E-state index in [1.54, 1.807) is 18.2 Å². The normalized spacial score (nSPS) is 11.1. The van der Waals surface area contributed by atoms with Crippen molar-refractivity contribution in [3.05, 3.63) is 54.1 Å². The van der Waals surface area contributed by atoms with Gasteiger partial charge in [-0.05, 0) is 42.0 Å². The van der Waals surface area contributed by atoms with Crippen molar-refractivity contribution in [2.45, 2.75) is 6.54 Å². The molecule has 2 aromatic carbocycles. The van der Waals surface area contributed by atoms with Crippen LogP contribution in [0.4, 0.5) is 15.3 Å². The van der Waals surface area contributed by atoms with Crippen molar-refractivity contribution in [3.63, 3.8) is 0 Å². The molecule has 0 aliphatic heterocycles. The maximum Gasteiger partial charge on any atom is 0.488 e. The van der Waals surface area contributed by atoms with Gasteiger partial charge in [-0.15, -0.1) is 0 Å². The number of hydrogen-bond donors (Lipinski definition) is 2. The first-order chi connectivity index (χ1) is 9.42. The molecule has 0 aliphatic carbocycles. The van der Waals surface area contributed by atoms with Crippen molar-refractivity contribution in [1.29, 1.82) is 0 Å². The standard InChI is InChI=1S/C13H13FN2O3S/c14-20(17,18)19-13-6-4-12(5-7-13)16-9-10-2-1-3-11(15)8-10/h1-8,16H,9,15H2. The van der Waals surface area contributed by atoms with E-state index in [4.69, 9.17) is 5.73 Å². The molecule has 3 N–H and O–H groups in total. The van der Waals surface area contributed by atoms with Crippen LogP contribution in [0.3, 0.4) is 0 Å². The summed E-state index contributed by atoms with van der Waals surface area (Å²) in [7, 11) is -4.98. The monoisotopic (exact) mass is 296 g/mol. The average Bonchev–Trinajstić information content (AvgIpc) is 2.36. The summed E-state index contributed by atoms with van der Waals surface area (Å²) in [4.78, 5) is 0. The summed E-state index contributed by atoms with van der Waals surface area (Å²) in [6.07, 6.45) is 0. The Balaban J connectivity index is 1.97. The Morgan fingerprint density at radius 1 is 1.15 bits per heavy atom. The van der Waals surface area contributed by atoms with E-state index in [1.807, 2.05) is 18.2 Å². The highest BCUT2D eigenvalue weighted by Gasteiger charge is 2.08. The highest BCUT2D eigenvalue weighted by atomic mass is 32.3.